The number of alkyl halides is 2. The summed E-state index contributed by atoms with van der Waals surface area (Å²) in [5, 5.41) is 9.53. The summed E-state index contributed by atoms with van der Waals surface area (Å²) >= 11 is 0. The smallest absolute Gasteiger partial charge is 0.251 e. The van der Waals surface area contributed by atoms with E-state index in [-0.39, 0.29) is 13.1 Å². The van der Waals surface area contributed by atoms with E-state index in [9.17, 15) is 13.9 Å². The van der Waals surface area contributed by atoms with E-state index in [0.717, 1.165) is 0 Å². The van der Waals surface area contributed by atoms with Crippen molar-refractivity contribution in [1.82, 2.24) is 4.90 Å². The zero-order chi connectivity index (χ0) is 11.2. The molecule has 0 bridgehead atoms. The Hall–Kier alpha value is -0.260. The predicted octanol–water partition coefficient (Wildman–Crippen LogP) is 0.673. The van der Waals surface area contributed by atoms with Crippen molar-refractivity contribution in [3.05, 3.63) is 0 Å². The minimum absolute atomic E-state index is 0.200. The van der Waals surface area contributed by atoms with Crippen LogP contribution in [0.2, 0.25) is 0 Å². The third-order valence-electron chi connectivity index (χ3n) is 2.14. The lowest BCUT2D eigenvalue weighted by Gasteiger charge is -2.22. The van der Waals surface area contributed by atoms with Gasteiger partial charge in [0.1, 0.15) is 0 Å². The second-order valence-electron chi connectivity index (χ2n) is 3.96. The fourth-order valence-electron chi connectivity index (χ4n) is 1.16. The minimum atomic E-state index is -2.30. The summed E-state index contributed by atoms with van der Waals surface area (Å²) in [6.07, 6.45) is -1.08. The third-order valence-corrected chi connectivity index (χ3v) is 2.14. The molecule has 86 valence electrons. The molecular weight excluding hydrogens is 190 g/mol. The normalized spacial score (nSPS) is 16.3. The molecule has 3 nitrogen and oxygen atoms in total. The molecule has 0 saturated heterocycles. The number of aliphatic hydroxyl groups is 1. The monoisotopic (exact) mass is 210 g/mol. The summed E-state index contributed by atoms with van der Waals surface area (Å²) in [5.41, 5.74) is 4.45. The molecule has 0 spiro atoms. The molecule has 0 aliphatic carbocycles. The molecule has 0 aliphatic heterocycles. The zero-order valence-electron chi connectivity index (χ0n) is 8.84. The number of hydrogen-bond donors (Lipinski definition) is 2. The highest BCUT2D eigenvalue weighted by Gasteiger charge is 2.17. The van der Waals surface area contributed by atoms with Gasteiger partial charge in [-0.1, -0.05) is 0 Å². The number of rotatable bonds is 7. The van der Waals surface area contributed by atoms with Gasteiger partial charge in [0.25, 0.3) is 6.43 Å². The first-order valence-electron chi connectivity index (χ1n) is 4.76. The molecule has 0 heterocycles. The number of nitrogens with zero attached hydrogens (tertiary/aromatic N) is 1. The molecule has 0 saturated carbocycles. The standard InChI is InChI=1S/C9H20F2N2O/c1-9(14,7-12)4-3-5-13(2)6-8(10)11/h8,14H,3-7,12H2,1-2H3. The van der Waals surface area contributed by atoms with Gasteiger partial charge in [0.2, 0.25) is 0 Å². The van der Waals surface area contributed by atoms with Gasteiger partial charge in [0, 0.05) is 6.54 Å². The average Bonchev–Trinajstić information content (AvgIpc) is 2.02. The van der Waals surface area contributed by atoms with Crippen LogP contribution in [0.25, 0.3) is 0 Å². The Bertz CT molecular complexity index is 154. The Balaban J connectivity index is 3.53. The molecule has 1 atom stereocenters. The molecule has 0 aromatic heterocycles. The molecule has 3 N–H and O–H groups in total. The van der Waals surface area contributed by atoms with Crippen molar-refractivity contribution in [1.29, 1.82) is 0 Å². The fraction of sp³-hybridized carbons (Fsp3) is 1.00. The minimum Gasteiger partial charge on any atom is -0.389 e. The Morgan fingerprint density at radius 3 is 2.50 bits per heavy atom. The van der Waals surface area contributed by atoms with Crippen LogP contribution in [0.1, 0.15) is 19.8 Å². The van der Waals surface area contributed by atoms with E-state index < -0.39 is 12.0 Å². The first-order valence-corrected chi connectivity index (χ1v) is 4.76. The highest BCUT2D eigenvalue weighted by atomic mass is 19.3. The summed E-state index contributed by atoms with van der Waals surface area (Å²) in [6.45, 7) is 2.19. The van der Waals surface area contributed by atoms with Crippen LogP contribution >= 0.6 is 0 Å². The van der Waals surface area contributed by atoms with Crippen molar-refractivity contribution < 1.29 is 13.9 Å². The van der Waals surface area contributed by atoms with Crippen molar-refractivity contribution in [2.75, 3.05) is 26.7 Å². The highest BCUT2D eigenvalue weighted by molar-refractivity contribution is 4.73. The van der Waals surface area contributed by atoms with Gasteiger partial charge in [-0.05, 0) is 33.4 Å². The van der Waals surface area contributed by atoms with Crippen LogP contribution in [0.5, 0.6) is 0 Å². The van der Waals surface area contributed by atoms with Gasteiger partial charge in [-0.15, -0.1) is 0 Å². The van der Waals surface area contributed by atoms with Crippen molar-refractivity contribution in [2.45, 2.75) is 31.8 Å². The number of hydrogen-bond acceptors (Lipinski definition) is 3. The molecule has 0 rings (SSSR count). The second kappa shape index (κ2) is 6.27. The maximum atomic E-state index is 11.9. The first kappa shape index (κ1) is 13.7. The maximum Gasteiger partial charge on any atom is 0.251 e. The van der Waals surface area contributed by atoms with Gasteiger partial charge in [-0.25, -0.2) is 8.78 Å². The largest absolute Gasteiger partial charge is 0.389 e. The summed E-state index contributed by atoms with van der Waals surface area (Å²) in [6, 6.07) is 0. The van der Waals surface area contributed by atoms with Crippen LogP contribution in [-0.4, -0.2) is 48.7 Å². The number of nitrogens with two attached hydrogens (primary N) is 1. The second-order valence-corrected chi connectivity index (χ2v) is 3.96. The zero-order valence-corrected chi connectivity index (χ0v) is 8.84. The lowest BCUT2D eigenvalue weighted by Crippen LogP contribution is -2.35. The molecule has 0 amide bonds. The molecule has 0 radical (unpaired) electrons. The van der Waals surface area contributed by atoms with E-state index in [0.29, 0.717) is 19.4 Å². The van der Waals surface area contributed by atoms with Crippen molar-refractivity contribution in [2.24, 2.45) is 5.73 Å². The van der Waals surface area contributed by atoms with Gasteiger partial charge < -0.3 is 15.7 Å². The predicted molar refractivity (Wildman–Crippen MR) is 52.4 cm³/mol. The summed E-state index contributed by atoms with van der Waals surface area (Å²) in [5.74, 6) is 0. The van der Waals surface area contributed by atoms with E-state index in [1.165, 1.54) is 0 Å². The van der Waals surface area contributed by atoms with Crippen molar-refractivity contribution in [3.8, 4) is 0 Å². The fourth-order valence-corrected chi connectivity index (χ4v) is 1.16. The molecule has 5 heteroatoms. The highest BCUT2D eigenvalue weighted by Crippen LogP contribution is 2.10. The molecule has 0 aromatic carbocycles. The van der Waals surface area contributed by atoms with Crippen molar-refractivity contribution >= 4 is 0 Å². The van der Waals surface area contributed by atoms with Crippen LogP contribution in [0, 0.1) is 0 Å². The Morgan fingerprint density at radius 2 is 2.07 bits per heavy atom. The van der Waals surface area contributed by atoms with E-state index in [2.05, 4.69) is 0 Å². The van der Waals surface area contributed by atoms with Crippen LogP contribution in [-0.2, 0) is 0 Å². The van der Waals surface area contributed by atoms with Crippen LogP contribution in [0.3, 0.4) is 0 Å². The molecule has 14 heavy (non-hydrogen) atoms. The van der Waals surface area contributed by atoms with E-state index in [1.54, 1.807) is 18.9 Å². The molecule has 1 unspecified atom stereocenters. The SMILES string of the molecule is CN(CCCC(C)(O)CN)CC(F)F. The van der Waals surface area contributed by atoms with Crippen LogP contribution in [0.15, 0.2) is 0 Å². The summed E-state index contributed by atoms with van der Waals surface area (Å²) in [7, 11) is 1.64. The van der Waals surface area contributed by atoms with E-state index >= 15 is 0 Å². The van der Waals surface area contributed by atoms with Gasteiger partial charge in [-0.2, -0.15) is 0 Å². The molecule has 0 aromatic rings. The quantitative estimate of drug-likeness (QED) is 0.649. The Kier molecular flexibility index (Phi) is 6.15. The maximum absolute atomic E-state index is 11.9. The lowest BCUT2D eigenvalue weighted by molar-refractivity contribution is 0.0515. The van der Waals surface area contributed by atoms with E-state index in [4.69, 9.17) is 5.73 Å². The Morgan fingerprint density at radius 1 is 1.50 bits per heavy atom. The van der Waals surface area contributed by atoms with E-state index in [1.807, 2.05) is 0 Å². The Labute approximate surface area is 83.9 Å². The molecule has 0 fully saturated rings. The lowest BCUT2D eigenvalue weighted by atomic mass is 10.0. The topological polar surface area (TPSA) is 49.5 Å². The van der Waals surface area contributed by atoms with Gasteiger partial charge in [-0.3, -0.25) is 0 Å². The number of halogens is 2. The van der Waals surface area contributed by atoms with Crippen LogP contribution in [0.4, 0.5) is 8.78 Å². The van der Waals surface area contributed by atoms with Gasteiger partial charge >= 0.3 is 0 Å². The molecular formula is C9H20F2N2O. The summed E-state index contributed by atoms with van der Waals surface area (Å²) in [4.78, 5) is 1.55. The average molecular weight is 210 g/mol. The van der Waals surface area contributed by atoms with Crippen LogP contribution < -0.4 is 5.73 Å². The third kappa shape index (κ3) is 7.17. The summed E-state index contributed by atoms with van der Waals surface area (Å²) < 4.78 is 23.8. The van der Waals surface area contributed by atoms with Gasteiger partial charge in [0.15, 0.2) is 0 Å². The van der Waals surface area contributed by atoms with Gasteiger partial charge in [0.05, 0.1) is 12.1 Å². The van der Waals surface area contributed by atoms with Crippen molar-refractivity contribution in [3.63, 3.8) is 0 Å². The first-order chi connectivity index (χ1) is 6.37. The molecule has 0 aliphatic rings.